The zero-order chi connectivity index (χ0) is 13.1. The van der Waals surface area contributed by atoms with Gasteiger partial charge in [0.15, 0.2) is 0 Å². The molecule has 1 aliphatic rings. The number of nitrogens with two attached hydrogens (primary N) is 1. The highest BCUT2D eigenvalue weighted by molar-refractivity contribution is 5.79. The molecule has 3 heteroatoms. The van der Waals surface area contributed by atoms with Crippen LogP contribution in [0, 0.1) is 19.8 Å². The van der Waals surface area contributed by atoms with Crippen molar-refractivity contribution in [2.45, 2.75) is 39.2 Å². The first-order valence-electron chi connectivity index (χ1n) is 6.66. The second-order valence-corrected chi connectivity index (χ2v) is 5.34. The zero-order valence-electron chi connectivity index (χ0n) is 11.2. The Kier molecular flexibility index (Phi) is 4.02. The lowest BCUT2D eigenvalue weighted by atomic mass is 9.96. The number of benzene rings is 1. The Hall–Kier alpha value is -1.35. The maximum atomic E-state index is 12.0. The number of rotatable bonds is 5. The topological polar surface area (TPSA) is 55.1 Å². The van der Waals surface area contributed by atoms with Gasteiger partial charge in [0.2, 0.25) is 5.91 Å². The number of aryl methyl sites for hydroxylation is 2. The molecular formula is C15H22N2O. The molecule has 0 aromatic heterocycles. The van der Waals surface area contributed by atoms with E-state index < -0.39 is 0 Å². The van der Waals surface area contributed by atoms with Crippen LogP contribution in [-0.2, 0) is 11.2 Å². The van der Waals surface area contributed by atoms with Crippen molar-refractivity contribution in [2.24, 2.45) is 11.7 Å². The van der Waals surface area contributed by atoms with Gasteiger partial charge in [0.05, 0.1) is 5.92 Å². The van der Waals surface area contributed by atoms with Gasteiger partial charge in [-0.1, -0.05) is 18.2 Å². The molecule has 0 spiro atoms. The summed E-state index contributed by atoms with van der Waals surface area (Å²) in [5.41, 5.74) is 9.47. The van der Waals surface area contributed by atoms with Gasteiger partial charge in [0.1, 0.15) is 0 Å². The van der Waals surface area contributed by atoms with Gasteiger partial charge in [0.25, 0.3) is 0 Å². The summed E-state index contributed by atoms with van der Waals surface area (Å²) in [5.74, 6) is 0.00549. The summed E-state index contributed by atoms with van der Waals surface area (Å²) in [6.45, 7) is 4.60. The van der Waals surface area contributed by atoms with E-state index in [1.165, 1.54) is 16.7 Å². The number of carbonyl (C=O) groups excluding carboxylic acids is 1. The molecule has 0 radical (unpaired) electrons. The van der Waals surface area contributed by atoms with Crippen LogP contribution in [0.4, 0.5) is 0 Å². The Morgan fingerprint density at radius 3 is 2.67 bits per heavy atom. The van der Waals surface area contributed by atoms with Crippen LogP contribution in [0.15, 0.2) is 18.2 Å². The zero-order valence-corrected chi connectivity index (χ0v) is 11.2. The van der Waals surface area contributed by atoms with E-state index in [4.69, 9.17) is 5.73 Å². The largest absolute Gasteiger partial charge is 0.353 e. The van der Waals surface area contributed by atoms with Crippen LogP contribution in [0.1, 0.15) is 29.5 Å². The van der Waals surface area contributed by atoms with Crippen molar-refractivity contribution in [2.75, 3.05) is 6.54 Å². The summed E-state index contributed by atoms with van der Waals surface area (Å²) in [4.78, 5) is 12.0. The van der Waals surface area contributed by atoms with Crippen LogP contribution >= 0.6 is 0 Å². The quantitative estimate of drug-likeness (QED) is 0.831. The Bertz CT molecular complexity index is 438. The van der Waals surface area contributed by atoms with Gasteiger partial charge >= 0.3 is 0 Å². The van der Waals surface area contributed by atoms with Gasteiger partial charge in [-0.2, -0.15) is 0 Å². The summed E-state index contributed by atoms with van der Waals surface area (Å²) >= 11 is 0. The van der Waals surface area contributed by atoms with Crippen molar-refractivity contribution in [1.82, 2.24) is 5.32 Å². The summed E-state index contributed by atoms with van der Waals surface area (Å²) in [6, 6.07) is 6.76. The molecule has 0 bridgehead atoms. The van der Waals surface area contributed by atoms with Gasteiger partial charge in [-0.3, -0.25) is 4.79 Å². The van der Waals surface area contributed by atoms with Gasteiger partial charge in [-0.05, 0) is 49.8 Å². The molecule has 1 aromatic carbocycles. The molecule has 0 aliphatic heterocycles. The molecule has 0 saturated heterocycles. The van der Waals surface area contributed by atoms with Crippen LogP contribution < -0.4 is 11.1 Å². The van der Waals surface area contributed by atoms with Crippen LogP contribution in [0.2, 0.25) is 0 Å². The fourth-order valence-electron chi connectivity index (χ4n) is 2.04. The van der Waals surface area contributed by atoms with E-state index in [-0.39, 0.29) is 11.8 Å². The summed E-state index contributed by atoms with van der Waals surface area (Å²) in [7, 11) is 0. The van der Waals surface area contributed by atoms with E-state index in [2.05, 4.69) is 37.4 Å². The molecule has 1 aromatic rings. The van der Waals surface area contributed by atoms with Crippen LogP contribution in [0.3, 0.4) is 0 Å². The van der Waals surface area contributed by atoms with E-state index in [1.807, 2.05) is 0 Å². The molecule has 18 heavy (non-hydrogen) atoms. The monoisotopic (exact) mass is 246 g/mol. The number of hydrogen-bond acceptors (Lipinski definition) is 2. The second-order valence-electron chi connectivity index (χ2n) is 5.34. The maximum absolute atomic E-state index is 12.0. The summed E-state index contributed by atoms with van der Waals surface area (Å²) in [6.07, 6.45) is 2.97. The number of hydrogen-bond donors (Lipinski definition) is 2. The minimum atomic E-state index is -0.104. The Balaban J connectivity index is 1.99. The van der Waals surface area contributed by atoms with E-state index in [9.17, 15) is 4.79 Å². The average Bonchev–Trinajstić information content (AvgIpc) is 3.14. The van der Waals surface area contributed by atoms with E-state index in [0.29, 0.717) is 12.6 Å². The molecule has 2 rings (SSSR count). The standard InChI is InChI=1S/C15H22N2O/c1-10-3-4-12(7-11(10)2)8-13(9-16)15(18)17-14-5-6-14/h3-4,7,13-14H,5-6,8-9,16H2,1-2H3,(H,17,18). The van der Waals surface area contributed by atoms with Gasteiger partial charge in [0, 0.05) is 12.6 Å². The van der Waals surface area contributed by atoms with Gasteiger partial charge in [-0.25, -0.2) is 0 Å². The molecule has 1 atom stereocenters. The third-order valence-corrected chi connectivity index (χ3v) is 3.63. The molecular weight excluding hydrogens is 224 g/mol. The molecule has 1 fully saturated rings. The van der Waals surface area contributed by atoms with E-state index in [0.717, 1.165) is 19.3 Å². The molecule has 1 unspecified atom stereocenters. The Morgan fingerprint density at radius 2 is 2.11 bits per heavy atom. The van der Waals surface area contributed by atoms with Crippen molar-refractivity contribution in [3.63, 3.8) is 0 Å². The van der Waals surface area contributed by atoms with Crippen molar-refractivity contribution in [3.05, 3.63) is 34.9 Å². The lowest BCUT2D eigenvalue weighted by molar-refractivity contribution is -0.124. The van der Waals surface area contributed by atoms with E-state index in [1.54, 1.807) is 0 Å². The number of amides is 1. The maximum Gasteiger partial charge on any atom is 0.224 e. The number of nitrogens with one attached hydrogen (secondary N) is 1. The summed E-state index contributed by atoms with van der Waals surface area (Å²) < 4.78 is 0. The van der Waals surface area contributed by atoms with Gasteiger partial charge < -0.3 is 11.1 Å². The lowest BCUT2D eigenvalue weighted by Gasteiger charge is -2.15. The molecule has 98 valence electrons. The predicted octanol–water partition coefficient (Wildman–Crippen LogP) is 1.70. The molecule has 3 nitrogen and oxygen atoms in total. The van der Waals surface area contributed by atoms with Crippen LogP contribution in [0.5, 0.6) is 0 Å². The normalized spacial score (nSPS) is 16.4. The molecule has 3 N–H and O–H groups in total. The average molecular weight is 246 g/mol. The first-order valence-corrected chi connectivity index (χ1v) is 6.66. The predicted molar refractivity (Wildman–Crippen MR) is 73.3 cm³/mol. The Morgan fingerprint density at radius 1 is 1.39 bits per heavy atom. The lowest BCUT2D eigenvalue weighted by Crippen LogP contribution is -2.37. The minimum absolute atomic E-state index is 0.104. The number of carbonyl (C=O) groups is 1. The SMILES string of the molecule is Cc1ccc(CC(CN)C(=O)NC2CC2)cc1C. The minimum Gasteiger partial charge on any atom is -0.353 e. The highest BCUT2D eigenvalue weighted by atomic mass is 16.2. The first kappa shape index (κ1) is 13.1. The molecule has 1 aliphatic carbocycles. The van der Waals surface area contributed by atoms with E-state index >= 15 is 0 Å². The van der Waals surface area contributed by atoms with Crippen molar-refractivity contribution < 1.29 is 4.79 Å². The van der Waals surface area contributed by atoms with Crippen molar-refractivity contribution in [1.29, 1.82) is 0 Å². The highest BCUT2D eigenvalue weighted by Crippen LogP contribution is 2.20. The molecule has 1 amide bonds. The molecule has 0 heterocycles. The second kappa shape index (κ2) is 5.53. The third-order valence-electron chi connectivity index (χ3n) is 3.63. The van der Waals surface area contributed by atoms with Gasteiger partial charge in [-0.15, -0.1) is 0 Å². The third kappa shape index (κ3) is 3.33. The summed E-state index contributed by atoms with van der Waals surface area (Å²) in [5, 5.41) is 3.03. The fraction of sp³-hybridized carbons (Fsp3) is 0.533. The van der Waals surface area contributed by atoms with Crippen LogP contribution in [0.25, 0.3) is 0 Å². The van der Waals surface area contributed by atoms with Crippen molar-refractivity contribution >= 4 is 5.91 Å². The smallest absolute Gasteiger partial charge is 0.224 e. The Labute approximate surface area is 109 Å². The first-order chi connectivity index (χ1) is 8.60. The highest BCUT2D eigenvalue weighted by Gasteiger charge is 2.26. The molecule has 1 saturated carbocycles. The van der Waals surface area contributed by atoms with Crippen LogP contribution in [-0.4, -0.2) is 18.5 Å². The fourth-order valence-corrected chi connectivity index (χ4v) is 2.04. The van der Waals surface area contributed by atoms with Crippen molar-refractivity contribution in [3.8, 4) is 0 Å².